The van der Waals surface area contributed by atoms with Gasteiger partial charge < -0.3 is 14.2 Å². The van der Waals surface area contributed by atoms with E-state index in [-0.39, 0.29) is 11.6 Å². The molecule has 1 atom stereocenters. The summed E-state index contributed by atoms with van der Waals surface area (Å²) < 4.78 is 7.73. The van der Waals surface area contributed by atoms with Crippen molar-refractivity contribution in [1.82, 2.24) is 14.7 Å². The molecule has 38 heavy (non-hydrogen) atoms. The van der Waals surface area contributed by atoms with Gasteiger partial charge in [-0.25, -0.2) is 4.79 Å². The molecule has 0 saturated carbocycles. The first-order chi connectivity index (χ1) is 18.5. The van der Waals surface area contributed by atoms with E-state index in [1.165, 1.54) is 0 Å². The lowest BCUT2D eigenvalue weighted by atomic mass is 9.99. The van der Waals surface area contributed by atoms with E-state index in [0.29, 0.717) is 0 Å². The van der Waals surface area contributed by atoms with Crippen molar-refractivity contribution in [2.75, 3.05) is 0 Å². The summed E-state index contributed by atoms with van der Waals surface area (Å²) in [6, 6.07) is 29.5. The van der Waals surface area contributed by atoms with Gasteiger partial charge in [-0.05, 0) is 60.9 Å². The number of carboxylic acid groups (broad SMARTS) is 1. The molecule has 0 aliphatic carbocycles. The molecule has 6 aromatic rings. The second-order valence-corrected chi connectivity index (χ2v) is 9.33. The lowest BCUT2D eigenvalue weighted by Gasteiger charge is -2.21. The summed E-state index contributed by atoms with van der Waals surface area (Å²) in [6.07, 6.45) is 3.96. The molecule has 0 amide bonds. The topological polar surface area (TPSA) is 81.1 Å². The van der Waals surface area contributed by atoms with Crippen molar-refractivity contribution < 1.29 is 14.4 Å². The molecule has 0 spiro atoms. The van der Waals surface area contributed by atoms with Gasteiger partial charge in [0, 0.05) is 28.9 Å². The number of aromatic carboxylic acids is 1. The number of rotatable bonds is 6. The van der Waals surface area contributed by atoms with Gasteiger partial charge in [0.2, 0.25) is 0 Å². The van der Waals surface area contributed by atoms with Gasteiger partial charge in [-0.15, -0.1) is 0 Å². The summed E-state index contributed by atoms with van der Waals surface area (Å²) in [4.78, 5) is 16.2. The summed E-state index contributed by atoms with van der Waals surface area (Å²) in [6.45, 7) is 3.87. The van der Waals surface area contributed by atoms with Gasteiger partial charge in [-0.1, -0.05) is 65.8 Å². The molecule has 1 unspecified atom stereocenters. The van der Waals surface area contributed by atoms with Gasteiger partial charge in [-0.2, -0.15) is 0 Å². The van der Waals surface area contributed by atoms with Crippen LogP contribution in [-0.2, 0) is 0 Å². The minimum Gasteiger partial charge on any atom is -0.478 e. The fourth-order valence-corrected chi connectivity index (χ4v) is 5.18. The maximum Gasteiger partial charge on any atom is 0.335 e. The Morgan fingerprint density at radius 3 is 2.29 bits per heavy atom. The molecule has 3 aromatic heterocycles. The zero-order valence-electron chi connectivity index (χ0n) is 21.0. The summed E-state index contributed by atoms with van der Waals surface area (Å²) in [5.74, 6) is -0.170. The van der Waals surface area contributed by atoms with Crippen molar-refractivity contribution in [3.05, 3.63) is 132 Å². The Balaban J connectivity index is 1.63. The summed E-state index contributed by atoms with van der Waals surface area (Å²) in [5.41, 5.74) is 8.12. The molecule has 0 aliphatic heterocycles. The van der Waals surface area contributed by atoms with E-state index in [0.717, 1.165) is 55.9 Å². The van der Waals surface area contributed by atoms with Crippen molar-refractivity contribution >= 4 is 16.9 Å². The van der Waals surface area contributed by atoms with Crippen LogP contribution in [-0.4, -0.2) is 25.8 Å². The van der Waals surface area contributed by atoms with Crippen LogP contribution in [0.5, 0.6) is 0 Å². The van der Waals surface area contributed by atoms with Crippen LogP contribution in [0.4, 0.5) is 0 Å². The Bertz CT molecular complexity index is 1690. The van der Waals surface area contributed by atoms with E-state index < -0.39 is 5.97 Å². The van der Waals surface area contributed by atoms with Crippen LogP contribution in [0, 0.1) is 13.8 Å². The third-order valence-corrected chi connectivity index (χ3v) is 6.96. The molecule has 0 saturated heterocycles. The SMILES string of the molecule is Cc1noc(C)c1-c1ccc2c(-c3ccc(C(=O)O)cc3)cn(C(c3ccccc3)c3ccccn3)c2c1. The smallest absolute Gasteiger partial charge is 0.335 e. The zero-order valence-corrected chi connectivity index (χ0v) is 21.0. The number of hydrogen-bond donors (Lipinski definition) is 1. The maximum atomic E-state index is 11.4. The number of nitrogens with zero attached hydrogens (tertiary/aromatic N) is 3. The molecular weight excluding hydrogens is 474 g/mol. The summed E-state index contributed by atoms with van der Waals surface area (Å²) in [7, 11) is 0. The Kier molecular flexibility index (Phi) is 5.85. The van der Waals surface area contributed by atoms with Crippen molar-refractivity contribution in [1.29, 1.82) is 0 Å². The lowest BCUT2D eigenvalue weighted by molar-refractivity contribution is 0.0697. The average Bonchev–Trinajstić information content (AvgIpc) is 3.49. The van der Waals surface area contributed by atoms with Crippen molar-refractivity contribution in [2.45, 2.75) is 19.9 Å². The molecule has 3 aromatic carbocycles. The molecule has 0 radical (unpaired) electrons. The normalized spacial score (nSPS) is 12.1. The summed E-state index contributed by atoms with van der Waals surface area (Å²) in [5, 5.41) is 14.6. The molecule has 0 bridgehead atoms. The van der Waals surface area contributed by atoms with Gasteiger partial charge >= 0.3 is 5.97 Å². The highest BCUT2D eigenvalue weighted by Gasteiger charge is 2.23. The van der Waals surface area contributed by atoms with Crippen LogP contribution < -0.4 is 0 Å². The van der Waals surface area contributed by atoms with Gasteiger partial charge in [0.25, 0.3) is 0 Å². The second-order valence-electron chi connectivity index (χ2n) is 9.33. The number of hydrogen-bond acceptors (Lipinski definition) is 4. The van der Waals surface area contributed by atoms with Gasteiger partial charge in [0.05, 0.1) is 22.5 Å². The van der Waals surface area contributed by atoms with E-state index in [1.54, 1.807) is 12.1 Å². The third-order valence-electron chi connectivity index (χ3n) is 6.96. The van der Waals surface area contributed by atoms with Crippen LogP contribution in [0.3, 0.4) is 0 Å². The Labute approximate surface area is 219 Å². The molecule has 3 heterocycles. The van der Waals surface area contributed by atoms with Crippen LogP contribution in [0.1, 0.15) is 39.1 Å². The van der Waals surface area contributed by atoms with Crippen LogP contribution >= 0.6 is 0 Å². The van der Waals surface area contributed by atoms with Gasteiger partial charge in [0.1, 0.15) is 11.8 Å². The average molecular weight is 500 g/mol. The minimum absolute atomic E-state index is 0.174. The fraction of sp³-hybridized carbons (Fsp3) is 0.0938. The first-order valence-electron chi connectivity index (χ1n) is 12.4. The summed E-state index contributed by atoms with van der Waals surface area (Å²) >= 11 is 0. The number of benzene rings is 3. The van der Waals surface area contributed by atoms with E-state index in [4.69, 9.17) is 9.51 Å². The Morgan fingerprint density at radius 1 is 0.895 bits per heavy atom. The quantitative estimate of drug-likeness (QED) is 0.260. The Morgan fingerprint density at radius 2 is 1.63 bits per heavy atom. The molecule has 0 fully saturated rings. The number of aromatic nitrogens is 3. The highest BCUT2D eigenvalue weighted by atomic mass is 16.5. The van der Waals surface area contributed by atoms with E-state index in [9.17, 15) is 9.90 Å². The first-order valence-corrected chi connectivity index (χ1v) is 12.4. The van der Waals surface area contributed by atoms with Crippen LogP contribution in [0.2, 0.25) is 0 Å². The highest BCUT2D eigenvalue weighted by Crippen LogP contribution is 2.39. The Hall–Kier alpha value is -4.97. The molecular formula is C32H25N3O3. The highest BCUT2D eigenvalue weighted by molar-refractivity contribution is 5.99. The van der Waals surface area contributed by atoms with Gasteiger partial charge in [-0.3, -0.25) is 4.98 Å². The third kappa shape index (κ3) is 4.06. The number of pyridine rings is 1. The zero-order chi connectivity index (χ0) is 26.2. The van der Waals surface area contributed by atoms with E-state index in [1.807, 2.05) is 68.6 Å². The largest absolute Gasteiger partial charge is 0.478 e. The first kappa shape index (κ1) is 23.4. The minimum atomic E-state index is -0.942. The number of carboxylic acids is 1. The molecule has 6 nitrogen and oxygen atoms in total. The van der Waals surface area contributed by atoms with Crippen molar-refractivity contribution in [3.8, 4) is 22.3 Å². The monoisotopic (exact) mass is 499 g/mol. The predicted molar refractivity (Wildman–Crippen MR) is 147 cm³/mol. The van der Waals surface area contributed by atoms with E-state index in [2.05, 4.69) is 46.3 Å². The lowest BCUT2D eigenvalue weighted by Crippen LogP contribution is -2.12. The van der Waals surface area contributed by atoms with Crippen molar-refractivity contribution in [3.63, 3.8) is 0 Å². The molecule has 186 valence electrons. The maximum absolute atomic E-state index is 11.4. The van der Waals surface area contributed by atoms with Crippen LogP contribution in [0.25, 0.3) is 33.2 Å². The number of aryl methyl sites for hydroxylation is 2. The predicted octanol–water partition coefficient (Wildman–Crippen LogP) is 7.31. The van der Waals surface area contributed by atoms with Crippen molar-refractivity contribution in [2.24, 2.45) is 0 Å². The molecule has 6 rings (SSSR count). The molecule has 1 N–H and O–H groups in total. The van der Waals surface area contributed by atoms with E-state index >= 15 is 0 Å². The van der Waals surface area contributed by atoms with Crippen LogP contribution in [0.15, 0.2) is 108 Å². The molecule has 6 heteroatoms. The molecule has 0 aliphatic rings. The standard InChI is InChI=1S/C32H25N3O3/c1-20-30(21(2)38-34-20)25-15-16-26-27(22-11-13-24(14-12-22)32(36)37)19-35(29(26)18-25)31(23-8-4-3-5-9-23)28-10-6-7-17-33-28/h3-19,31H,1-2H3,(H,36,37). The number of carbonyl (C=O) groups is 1. The number of fused-ring (bicyclic) bond motifs is 1. The fourth-order valence-electron chi connectivity index (χ4n) is 5.18. The van der Waals surface area contributed by atoms with Gasteiger partial charge in [0.15, 0.2) is 0 Å². The second kappa shape index (κ2) is 9.48.